The maximum atomic E-state index is 10.6. The molecule has 1 aliphatic carbocycles. The predicted octanol–water partition coefficient (Wildman–Crippen LogP) is 3.07. The highest BCUT2D eigenvalue weighted by molar-refractivity contribution is 5.73. The number of aryl methyl sites for hydroxylation is 2. The lowest BCUT2D eigenvalue weighted by Gasteiger charge is -2.36. The van der Waals surface area contributed by atoms with Crippen LogP contribution in [0.3, 0.4) is 0 Å². The van der Waals surface area contributed by atoms with Crippen molar-refractivity contribution in [3.63, 3.8) is 0 Å². The van der Waals surface area contributed by atoms with Crippen molar-refractivity contribution in [3.8, 4) is 11.6 Å². The molecule has 7 nitrogen and oxygen atoms in total. The number of anilines is 1. The molecule has 0 atom stereocenters. The number of hydrogen-bond donors (Lipinski definition) is 2. The lowest BCUT2D eigenvalue weighted by Crippen LogP contribution is -2.52. The van der Waals surface area contributed by atoms with Gasteiger partial charge in [0.05, 0.1) is 19.0 Å². The van der Waals surface area contributed by atoms with Crippen molar-refractivity contribution in [1.82, 2.24) is 14.9 Å². The summed E-state index contributed by atoms with van der Waals surface area (Å²) in [5.74, 6) is -0.936. The molecule has 0 aromatic carbocycles. The molecule has 0 amide bonds. The van der Waals surface area contributed by atoms with Crippen LogP contribution in [0.4, 0.5) is 18.9 Å². The van der Waals surface area contributed by atoms with Crippen LogP contribution in [0.5, 0.6) is 5.75 Å². The molecule has 1 aliphatic heterocycles. The Morgan fingerprint density at radius 2 is 1.87 bits per heavy atom. The quantitative estimate of drug-likeness (QED) is 0.786. The molecule has 0 unspecified atom stereocenters. The number of aromatic nitrogens is 2. The number of hydrogen-bond acceptors (Lipinski definition) is 5. The van der Waals surface area contributed by atoms with Crippen LogP contribution in [-0.2, 0) is 4.79 Å². The molecular weight excluding hydrogens is 401 g/mol. The number of carboxylic acids is 1. The van der Waals surface area contributed by atoms with E-state index in [9.17, 15) is 13.2 Å². The number of nitrogens with zero attached hydrogens (tertiary/aromatic N) is 3. The van der Waals surface area contributed by atoms with E-state index < -0.39 is 12.1 Å². The van der Waals surface area contributed by atoms with E-state index in [1.165, 1.54) is 24.2 Å². The van der Waals surface area contributed by atoms with Gasteiger partial charge >= 0.3 is 12.1 Å². The van der Waals surface area contributed by atoms with Crippen LogP contribution in [-0.4, -0.2) is 59.1 Å². The largest absolute Gasteiger partial charge is 0.494 e. The van der Waals surface area contributed by atoms with Gasteiger partial charge in [-0.3, -0.25) is 0 Å². The van der Waals surface area contributed by atoms with Crippen molar-refractivity contribution >= 4 is 11.7 Å². The van der Waals surface area contributed by atoms with Crippen molar-refractivity contribution in [3.05, 3.63) is 35.8 Å². The Morgan fingerprint density at radius 3 is 2.37 bits per heavy atom. The summed E-state index contributed by atoms with van der Waals surface area (Å²) in [6.07, 6.45) is -0.563. The molecule has 2 aromatic heterocycles. The molecule has 0 radical (unpaired) electrons. The van der Waals surface area contributed by atoms with Gasteiger partial charge in [0.15, 0.2) is 0 Å². The van der Waals surface area contributed by atoms with Gasteiger partial charge in [0, 0.05) is 42.6 Å². The van der Waals surface area contributed by atoms with Crippen LogP contribution in [0.15, 0.2) is 24.4 Å². The third-order valence-electron chi connectivity index (χ3n) is 5.36. The molecule has 1 saturated heterocycles. The van der Waals surface area contributed by atoms with E-state index in [1.54, 1.807) is 7.11 Å². The first-order valence-electron chi connectivity index (χ1n) is 9.56. The predicted molar refractivity (Wildman–Crippen MR) is 105 cm³/mol. The third-order valence-corrected chi connectivity index (χ3v) is 5.36. The first-order valence-corrected chi connectivity index (χ1v) is 9.56. The number of piperazine rings is 1. The van der Waals surface area contributed by atoms with Crippen LogP contribution in [0.2, 0.25) is 0 Å². The lowest BCUT2D eigenvalue weighted by molar-refractivity contribution is -0.192. The van der Waals surface area contributed by atoms with E-state index in [0.717, 1.165) is 36.9 Å². The molecule has 2 N–H and O–H groups in total. The van der Waals surface area contributed by atoms with E-state index in [2.05, 4.69) is 46.8 Å². The monoisotopic (exact) mass is 426 g/mol. The number of methoxy groups -OCH3 is 1. The molecule has 2 aliphatic rings. The van der Waals surface area contributed by atoms with Gasteiger partial charge < -0.3 is 24.6 Å². The number of aliphatic carboxylic acids is 1. The topological polar surface area (TPSA) is 79.6 Å². The maximum absolute atomic E-state index is 10.6. The van der Waals surface area contributed by atoms with Crippen LogP contribution in [0, 0.1) is 13.8 Å². The van der Waals surface area contributed by atoms with Crippen LogP contribution < -0.4 is 15.0 Å². The van der Waals surface area contributed by atoms with E-state index in [-0.39, 0.29) is 0 Å². The summed E-state index contributed by atoms with van der Waals surface area (Å²) in [6.45, 7) is 7.28. The number of nitrogens with one attached hydrogen (secondary N) is 1. The normalized spacial score (nSPS) is 17.3. The number of carboxylic acid groups (broad SMARTS) is 1. The SMILES string of the molecule is COc1cc(-n2c(C)ccc2C)ncc1N1CCNC2(CC2)C1.O=C(O)C(F)(F)F. The van der Waals surface area contributed by atoms with Gasteiger partial charge in [-0.1, -0.05) is 0 Å². The van der Waals surface area contributed by atoms with E-state index in [4.69, 9.17) is 19.6 Å². The van der Waals surface area contributed by atoms with Gasteiger partial charge in [0.1, 0.15) is 11.6 Å². The molecule has 1 spiro atoms. The number of ether oxygens (including phenoxy) is 1. The average molecular weight is 426 g/mol. The summed E-state index contributed by atoms with van der Waals surface area (Å²) in [6, 6.07) is 6.28. The minimum absolute atomic E-state index is 0.343. The first kappa shape index (κ1) is 21.9. The van der Waals surface area contributed by atoms with E-state index in [1.807, 2.05) is 6.20 Å². The first-order chi connectivity index (χ1) is 14.1. The zero-order valence-corrected chi connectivity index (χ0v) is 17.1. The second kappa shape index (κ2) is 8.17. The molecule has 10 heteroatoms. The summed E-state index contributed by atoms with van der Waals surface area (Å²) in [5, 5.41) is 10.8. The number of halogens is 3. The van der Waals surface area contributed by atoms with Gasteiger partial charge in [0.2, 0.25) is 0 Å². The van der Waals surface area contributed by atoms with Gasteiger partial charge in [-0.25, -0.2) is 9.78 Å². The highest BCUT2D eigenvalue weighted by atomic mass is 19.4. The van der Waals surface area contributed by atoms with Crippen molar-refractivity contribution < 1.29 is 27.8 Å². The fraction of sp³-hybridized carbons (Fsp3) is 0.500. The zero-order chi connectivity index (χ0) is 22.1. The Kier molecular flexibility index (Phi) is 5.98. The van der Waals surface area contributed by atoms with Crippen LogP contribution in [0.1, 0.15) is 24.2 Å². The smallest absolute Gasteiger partial charge is 0.490 e. The minimum atomic E-state index is -5.08. The van der Waals surface area contributed by atoms with Gasteiger partial charge in [-0.15, -0.1) is 0 Å². The van der Waals surface area contributed by atoms with Gasteiger partial charge in [-0.2, -0.15) is 13.2 Å². The fourth-order valence-corrected chi connectivity index (χ4v) is 3.62. The van der Waals surface area contributed by atoms with Gasteiger partial charge in [0.25, 0.3) is 0 Å². The number of pyridine rings is 1. The summed E-state index contributed by atoms with van der Waals surface area (Å²) in [5.41, 5.74) is 3.81. The molecule has 164 valence electrons. The maximum Gasteiger partial charge on any atom is 0.490 e. The molecule has 3 heterocycles. The summed E-state index contributed by atoms with van der Waals surface area (Å²) < 4.78 is 39.6. The molecular formula is C20H25F3N4O3. The molecule has 2 fully saturated rings. The standard InChI is InChI=1S/C18H24N4O.C2HF3O2/c1-13-4-5-14(2)22(13)17-10-16(23-3)15(11-19-17)21-9-8-20-18(12-21)6-7-18;3-2(4,5)1(6)7/h4-5,10-11,20H,6-9,12H2,1-3H3;(H,6,7). The minimum Gasteiger partial charge on any atom is -0.494 e. The molecule has 30 heavy (non-hydrogen) atoms. The number of carbonyl (C=O) groups is 1. The number of rotatable bonds is 3. The summed E-state index contributed by atoms with van der Waals surface area (Å²) in [7, 11) is 1.74. The summed E-state index contributed by atoms with van der Waals surface area (Å²) in [4.78, 5) is 16.0. The molecule has 4 rings (SSSR count). The zero-order valence-electron chi connectivity index (χ0n) is 17.1. The second-order valence-electron chi connectivity index (χ2n) is 7.60. The molecule has 1 saturated carbocycles. The second-order valence-corrected chi connectivity index (χ2v) is 7.60. The Hall–Kier alpha value is -2.75. The summed E-state index contributed by atoms with van der Waals surface area (Å²) >= 11 is 0. The van der Waals surface area contributed by atoms with Crippen molar-refractivity contribution in [1.29, 1.82) is 0 Å². The highest BCUT2D eigenvalue weighted by Crippen LogP contribution is 2.40. The Labute approximate surface area is 172 Å². The van der Waals surface area contributed by atoms with Gasteiger partial charge in [-0.05, 0) is 38.8 Å². The fourth-order valence-electron chi connectivity index (χ4n) is 3.62. The van der Waals surface area contributed by atoms with Crippen molar-refractivity contribution in [2.75, 3.05) is 31.6 Å². The Bertz CT molecular complexity index is 903. The van der Waals surface area contributed by atoms with E-state index >= 15 is 0 Å². The molecule has 0 bridgehead atoms. The Balaban J connectivity index is 0.000000318. The molecule has 2 aromatic rings. The van der Waals surface area contributed by atoms with Crippen LogP contribution >= 0.6 is 0 Å². The highest BCUT2D eigenvalue weighted by Gasteiger charge is 2.46. The lowest BCUT2D eigenvalue weighted by atomic mass is 10.1. The number of alkyl halides is 3. The van der Waals surface area contributed by atoms with Crippen molar-refractivity contribution in [2.45, 2.75) is 38.4 Å². The van der Waals surface area contributed by atoms with Crippen LogP contribution in [0.25, 0.3) is 5.82 Å². The Morgan fingerprint density at radius 1 is 1.27 bits per heavy atom. The third kappa shape index (κ3) is 4.69. The van der Waals surface area contributed by atoms with Crippen molar-refractivity contribution in [2.24, 2.45) is 0 Å². The average Bonchev–Trinajstić information content (AvgIpc) is 3.34. The van der Waals surface area contributed by atoms with E-state index in [0.29, 0.717) is 5.54 Å².